The van der Waals surface area contributed by atoms with Gasteiger partial charge >= 0.3 is 5.97 Å². The summed E-state index contributed by atoms with van der Waals surface area (Å²) >= 11 is 0. The molecule has 1 fully saturated rings. The zero-order valence-corrected chi connectivity index (χ0v) is 9.12. The number of carbonyl (C=O) groups is 1. The van der Waals surface area contributed by atoms with E-state index in [9.17, 15) is 4.79 Å². The monoisotopic (exact) mass is 216 g/mol. The standard InChI is InChI=1S/C10H20N2O3/c1-8(2-3-13)5-12-10(4-9(14)15)6-11-7-10/h8,11-13H,2-7H2,1H3,(H,14,15). The van der Waals surface area contributed by atoms with Crippen molar-refractivity contribution in [3.63, 3.8) is 0 Å². The van der Waals surface area contributed by atoms with E-state index >= 15 is 0 Å². The third-order valence-corrected chi connectivity index (χ3v) is 2.86. The Morgan fingerprint density at radius 3 is 2.67 bits per heavy atom. The highest BCUT2D eigenvalue weighted by Crippen LogP contribution is 2.16. The van der Waals surface area contributed by atoms with Crippen LogP contribution in [0.2, 0.25) is 0 Å². The molecule has 0 saturated carbocycles. The van der Waals surface area contributed by atoms with Gasteiger partial charge in [-0.25, -0.2) is 0 Å². The van der Waals surface area contributed by atoms with Crippen molar-refractivity contribution in [1.29, 1.82) is 0 Å². The summed E-state index contributed by atoms with van der Waals surface area (Å²) in [7, 11) is 0. The predicted molar refractivity (Wildman–Crippen MR) is 56.7 cm³/mol. The number of aliphatic hydroxyl groups excluding tert-OH is 1. The third kappa shape index (κ3) is 3.77. The largest absolute Gasteiger partial charge is 0.481 e. The molecule has 1 saturated heterocycles. The number of carboxylic acid groups (broad SMARTS) is 1. The van der Waals surface area contributed by atoms with E-state index in [0.717, 1.165) is 13.0 Å². The van der Waals surface area contributed by atoms with Gasteiger partial charge in [-0.3, -0.25) is 4.79 Å². The van der Waals surface area contributed by atoms with Crippen LogP contribution in [0.3, 0.4) is 0 Å². The zero-order valence-electron chi connectivity index (χ0n) is 9.12. The molecule has 88 valence electrons. The van der Waals surface area contributed by atoms with E-state index in [1.165, 1.54) is 0 Å². The number of hydrogen-bond acceptors (Lipinski definition) is 4. The summed E-state index contributed by atoms with van der Waals surface area (Å²) in [5, 5.41) is 23.9. The molecule has 5 nitrogen and oxygen atoms in total. The second-order valence-electron chi connectivity index (χ2n) is 4.45. The van der Waals surface area contributed by atoms with Crippen molar-refractivity contribution in [3.05, 3.63) is 0 Å². The van der Waals surface area contributed by atoms with E-state index < -0.39 is 5.97 Å². The lowest BCUT2D eigenvalue weighted by Gasteiger charge is -2.43. The van der Waals surface area contributed by atoms with E-state index in [-0.39, 0.29) is 18.6 Å². The van der Waals surface area contributed by atoms with E-state index in [4.69, 9.17) is 10.2 Å². The Balaban J connectivity index is 2.30. The minimum Gasteiger partial charge on any atom is -0.481 e. The van der Waals surface area contributed by atoms with Gasteiger partial charge in [0, 0.05) is 19.7 Å². The Morgan fingerprint density at radius 1 is 1.60 bits per heavy atom. The molecule has 0 radical (unpaired) electrons. The minimum absolute atomic E-state index is 0.159. The van der Waals surface area contributed by atoms with Gasteiger partial charge in [-0.15, -0.1) is 0 Å². The fraction of sp³-hybridized carbons (Fsp3) is 0.900. The lowest BCUT2D eigenvalue weighted by Crippen LogP contribution is -2.69. The van der Waals surface area contributed by atoms with Crippen molar-refractivity contribution in [1.82, 2.24) is 10.6 Å². The molecule has 1 unspecified atom stereocenters. The quantitative estimate of drug-likeness (QED) is 0.457. The van der Waals surface area contributed by atoms with Crippen molar-refractivity contribution in [2.45, 2.75) is 25.3 Å². The van der Waals surface area contributed by atoms with E-state index in [0.29, 0.717) is 19.0 Å². The first-order valence-corrected chi connectivity index (χ1v) is 5.36. The topological polar surface area (TPSA) is 81.6 Å². The van der Waals surface area contributed by atoms with Crippen LogP contribution in [-0.4, -0.2) is 48.0 Å². The highest BCUT2D eigenvalue weighted by molar-refractivity contribution is 5.68. The summed E-state index contributed by atoms with van der Waals surface area (Å²) in [5.74, 6) is -0.389. The third-order valence-electron chi connectivity index (χ3n) is 2.86. The molecular weight excluding hydrogens is 196 g/mol. The molecule has 0 aromatic rings. The van der Waals surface area contributed by atoms with Crippen molar-refractivity contribution < 1.29 is 15.0 Å². The molecule has 5 heteroatoms. The Hall–Kier alpha value is -0.650. The maximum absolute atomic E-state index is 10.7. The molecule has 0 amide bonds. The maximum Gasteiger partial charge on any atom is 0.305 e. The summed E-state index contributed by atoms with van der Waals surface area (Å²) in [6, 6.07) is 0. The van der Waals surface area contributed by atoms with Crippen LogP contribution >= 0.6 is 0 Å². The van der Waals surface area contributed by atoms with Crippen molar-refractivity contribution in [2.24, 2.45) is 5.92 Å². The first-order chi connectivity index (χ1) is 7.08. The normalized spacial score (nSPS) is 20.7. The molecule has 0 spiro atoms. The predicted octanol–water partition coefficient (Wildman–Crippen LogP) is -0.589. The summed E-state index contributed by atoms with van der Waals surface area (Å²) in [4.78, 5) is 10.7. The molecule has 0 aromatic carbocycles. The Bertz CT molecular complexity index is 217. The number of hydrogen-bond donors (Lipinski definition) is 4. The van der Waals surface area contributed by atoms with Crippen molar-refractivity contribution in [2.75, 3.05) is 26.2 Å². The van der Waals surface area contributed by atoms with Gasteiger partial charge in [0.25, 0.3) is 0 Å². The Kier molecular flexibility index (Phi) is 4.50. The van der Waals surface area contributed by atoms with Gasteiger partial charge in [0.15, 0.2) is 0 Å². The fourth-order valence-corrected chi connectivity index (χ4v) is 1.74. The molecule has 0 bridgehead atoms. The van der Waals surface area contributed by atoms with E-state index in [1.807, 2.05) is 6.92 Å². The van der Waals surface area contributed by atoms with Gasteiger partial charge < -0.3 is 20.8 Å². The molecule has 15 heavy (non-hydrogen) atoms. The highest BCUT2D eigenvalue weighted by Gasteiger charge is 2.38. The molecule has 0 aliphatic carbocycles. The van der Waals surface area contributed by atoms with Gasteiger partial charge in [0.05, 0.1) is 12.0 Å². The first-order valence-electron chi connectivity index (χ1n) is 5.36. The second-order valence-corrected chi connectivity index (χ2v) is 4.45. The maximum atomic E-state index is 10.7. The molecule has 1 rings (SSSR count). The van der Waals surface area contributed by atoms with E-state index in [2.05, 4.69) is 10.6 Å². The van der Waals surface area contributed by atoms with Gasteiger partial charge in [-0.1, -0.05) is 6.92 Å². The van der Waals surface area contributed by atoms with Crippen LogP contribution in [0.1, 0.15) is 19.8 Å². The van der Waals surface area contributed by atoms with Crippen LogP contribution in [0.15, 0.2) is 0 Å². The lowest BCUT2D eigenvalue weighted by molar-refractivity contribution is -0.139. The molecule has 1 aliphatic rings. The van der Waals surface area contributed by atoms with Crippen LogP contribution in [0.4, 0.5) is 0 Å². The Labute approximate surface area is 89.9 Å². The minimum atomic E-state index is -0.765. The van der Waals surface area contributed by atoms with Gasteiger partial charge in [0.2, 0.25) is 0 Å². The summed E-state index contributed by atoms with van der Waals surface area (Å²) in [6.07, 6.45) is 0.912. The number of aliphatic carboxylic acids is 1. The van der Waals surface area contributed by atoms with Gasteiger partial charge in [-0.2, -0.15) is 0 Å². The second kappa shape index (κ2) is 5.44. The molecule has 1 aliphatic heterocycles. The van der Waals surface area contributed by atoms with Crippen molar-refractivity contribution in [3.8, 4) is 0 Å². The average molecular weight is 216 g/mol. The van der Waals surface area contributed by atoms with Crippen LogP contribution in [0.5, 0.6) is 0 Å². The number of rotatable bonds is 7. The Morgan fingerprint density at radius 2 is 2.27 bits per heavy atom. The summed E-state index contributed by atoms with van der Waals surface area (Å²) < 4.78 is 0. The first kappa shape index (κ1) is 12.4. The van der Waals surface area contributed by atoms with Gasteiger partial charge in [-0.05, 0) is 18.9 Å². The molecular formula is C10H20N2O3. The lowest BCUT2D eigenvalue weighted by atomic mass is 9.88. The van der Waals surface area contributed by atoms with Gasteiger partial charge in [0.1, 0.15) is 0 Å². The molecule has 1 atom stereocenters. The van der Waals surface area contributed by atoms with E-state index in [1.54, 1.807) is 0 Å². The highest BCUT2D eigenvalue weighted by atomic mass is 16.4. The summed E-state index contributed by atoms with van der Waals surface area (Å²) in [5.41, 5.74) is -0.268. The zero-order chi connectivity index (χ0) is 11.3. The number of aliphatic hydroxyl groups is 1. The SMILES string of the molecule is CC(CCO)CNC1(CC(=O)O)CNC1. The fourth-order valence-electron chi connectivity index (χ4n) is 1.74. The van der Waals surface area contributed by atoms with Crippen LogP contribution in [0.25, 0.3) is 0 Å². The number of carboxylic acids is 1. The average Bonchev–Trinajstić information content (AvgIpc) is 2.09. The van der Waals surface area contributed by atoms with Crippen LogP contribution in [-0.2, 0) is 4.79 Å². The van der Waals surface area contributed by atoms with Crippen molar-refractivity contribution >= 4 is 5.97 Å². The van der Waals surface area contributed by atoms with Crippen LogP contribution < -0.4 is 10.6 Å². The smallest absolute Gasteiger partial charge is 0.305 e. The molecule has 4 N–H and O–H groups in total. The molecule has 0 aromatic heterocycles. The summed E-state index contributed by atoms with van der Waals surface area (Å²) in [6.45, 7) is 4.42. The number of nitrogens with one attached hydrogen (secondary N) is 2. The van der Waals surface area contributed by atoms with Crippen LogP contribution in [0, 0.1) is 5.92 Å². The molecule has 1 heterocycles.